The molecule has 3 rings (SSSR count). The first kappa shape index (κ1) is 19.8. The molecule has 10 nitrogen and oxygen atoms in total. The predicted molar refractivity (Wildman–Crippen MR) is 108 cm³/mol. The topological polar surface area (TPSA) is 143 Å². The van der Waals surface area contributed by atoms with Crippen molar-refractivity contribution in [2.24, 2.45) is 0 Å². The average Bonchev–Trinajstić information content (AvgIpc) is 3.23. The second-order valence-electron chi connectivity index (χ2n) is 6.57. The number of aromatic amines is 2. The highest BCUT2D eigenvalue weighted by molar-refractivity contribution is 5.98. The summed E-state index contributed by atoms with van der Waals surface area (Å²) in [4.78, 5) is 38.3. The van der Waals surface area contributed by atoms with E-state index in [1.807, 2.05) is 0 Å². The number of hydrogen-bond donors (Lipinski definition) is 5. The fourth-order valence-electron chi connectivity index (χ4n) is 2.74. The Morgan fingerprint density at radius 1 is 1.10 bits per heavy atom. The molecule has 0 saturated heterocycles. The van der Waals surface area contributed by atoms with Crippen molar-refractivity contribution in [1.29, 1.82) is 0 Å². The molecule has 0 spiro atoms. The zero-order valence-corrected chi connectivity index (χ0v) is 16.1. The molecule has 0 aliphatic carbocycles. The molecule has 1 atom stereocenters. The summed E-state index contributed by atoms with van der Waals surface area (Å²) >= 11 is 0. The third kappa shape index (κ3) is 4.00. The molecule has 1 amide bonds. The summed E-state index contributed by atoms with van der Waals surface area (Å²) in [5.74, 6) is -0.177. The monoisotopic (exact) mass is 399 g/mol. The summed E-state index contributed by atoms with van der Waals surface area (Å²) in [7, 11) is 3.11. The van der Waals surface area contributed by atoms with Gasteiger partial charge in [-0.25, -0.2) is 0 Å². The molecule has 0 radical (unpaired) electrons. The van der Waals surface area contributed by atoms with Gasteiger partial charge in [-0.2, -0.15) is 0 Å². The molecular formula is C19H21N5O5. The maximum Gasteiger partial charge on any atom is 0.288 e. The lowest BCUT2D eigenvalue weighted by atomic mass is 10.1. The Kier molecular flexibility index (Phi) is 5.44. The Morgan fingerprint density at radius 2 is 1.79 bits per heavy atom. The molecule has 0 saturated carbocycles. The lowest BCUT2D eigenvalue weighted by Gasteiger charge is -2.17. The molecule has 152 valence electrons. The van der Waals surface area contributed by atoms with Crippen LogP contribution < -0.4 is 21.8 Å². The molecule has 2 heterocycles. The third-order valence-corrected chi connectivity index (χ3v) is 4.26. The second-order valence-corrected chi connectivity index (χ2v) is 6.57. The number of hydrogen-bond acceptors (Lipinski definition) is 7. The van der Waals surface area contributed by atoms with E-state index in [2.05, 4.69) is 20.8 Å². The van der Waals surface area contributed by atoms with E-state index in [1.54, 1.807) is 39.2 Å². The number of para-hydroxylation sites is 1. The van der Waals surface area contributed by atoms with Crippen molar-refractivity contribution in [2.75, 3.05) is 24.7 Å². The van der Waals surface area contributed by atoms with Gasteiger partial charge in [0.2, 0.25) is 0 Å². The number of furan rings is 1. The van der Waals surface area contributed by atoms with Crippen molar-refractivity contribution in [3.8, 4) is 5.75 Å². The number of aromatic nitrogens is 2. The quantitative estimate of drug-likeness (QED) is 0.399. The molecule has 2 aromatic heterocycles. The van der Waals surface area contributed by atoms with Gasteiger partial charge in [0.25, 0.3) is 17.0 Å². The molecule has 5 N–H and O–H groups in total. The van der Waals surface area contributed by atoms with Crippen molar-refractivity contribution in [3.63, 3.8) is 0 Å². The number of H-pyrrole nitrogens is 2. The van der Waals surface area contributed by atoms with Crippen LogP contribution in [-0.2, 0) is 0 Å². The van der Waals surface area contributed by atoms with Crippen molar-refractivity contribution in [3.05, 3.63) is 68.6 Å². The number of benzene rings is 1. The third-order valence-electron chi connectivity index (χ3n) is 4.26. The summed E-state index contributed by atoms with van der Waals surface area (Å²) in [5, 5.41) is 20.7. The maximum atomic E-state index is 12.4. The Hall–Kier alpha value is -3.95. The van der Waals surface area contributed by atoms with Crippen LogP contribution in [0, 0.1) is 0 Å². The predicted octanol–water partition coefficient (Wildman–Crippen LogP) is 1.98. The molecule has 0 bridgehead atoms. The molecule has 0 fully saturated rings. The zero-order valence-electron chi connectivity index (χ0n) is 16.1. The Bertz CT molecular complexity index is 1130. The van der Waals surface area contributed by atoms with Crippen LogP contribution in [0.25, 0.3) is 0 Å². The molecule has 3 aromatic rings. The SMILES string of the molecule is CC(Nc1c(Nc2cccc(C(=O)N(C)C)c2O)c(=O)[nH][nH]c1=O)c1ccco1. The fourth-order valence-corrected chi connectivity index (χ4v) is 2.74. The molecule has 10 heteroatoms. The minimum Gasteiger partial charge on any atom is -0.505 e. The van der Waals surface area contributed by atoms with Gasteiger partial charge in [-0.3, -0.25) is 24.6 Å². The summed E-state index contributed by atoms with van der Waals surface area (Å²) in [6.45, 7) is 1.76. The zero-order chi connectivity index (χ0) is 21.1. The van der Waals surface area contributed by atoms with Crippen molar-refractivity contribution >= 4 is 23.0 Å². The lowest BCUT2D eigenvalue weighted by molar-refractivity contribution is 0.0824. The van der Waals surface area contributed by atoms with Gasteiger partial charge in [-0.1, -0.05) is 6.07 Å². The smallest absolute Gasteiger partial charge is 0.288 e. The van der Waals surface area contributed by atoms with Crippen LogP contribution in [0.15, 0.2) is 50.6 Å². The van der Waals surface area contributed by atoms with Crippen molar-refractivity contribution < 1.29 is 14.3 Å². The first-order valence-corrected chi connectivity index (χ1v) is 8.75. The van der Waals surface area contributed by atoms with E-state index in [0.717, 1.165) is 0 Å². The van der Waals surface area contributed by atoms with Gasteiger partial charge in [-0.15, -0.1) is 0 Å². The molecule has 1 aromatic carbocycles. The summed E-state index contributed by atoms with van der Waals surface area (Å²) < 4.78 is 5.32. The van der Waals surface area contributed by atoms with Gasteiger partial charge < -0.3 is 25.1 Å². The van der Waals surface area contributed by atoms with E-state index in [1.165, 1.54) is 23.3 Å². The van der Waals surface area contributed by atoms with Crippen LogP contribution in [0.1, 0.15) is 29.1 Å². The van der Waals surface area contributed by atoms with Gasteiger partial charge in [0.1, 0.15) is 17.1 Å². The van der Waals surface area contributed by atoms with E-state index in [-0.39, 0.29) is 28.4 Å². The highest BCUT2D eigenvalue weighted by atomic mass is 16.3. The number of nitrogens with one attached hydrogen (secondary N) is 4. The van der Waals surface area contributed by atoms with Gasteiger partial charge >= 0.3 is 0 Å². The van der Waals surface area contributed by atoms with E-state index in [0.29, 0.717) is 5.76 Å². The van der Waals surface area contributed by atoms with E-state index < -0.39 is 23.1 Å². The van der Waals surface area contributed by atoms with E-state index >= 15 is 0 Å². The highest BCUT2D eigenvalue weighted by Crippen LogP contribution is 2.32. The van der Waals surface area contributed by atoms with Crippen LogP contribution in [0.2, 0.25) is 0 Å². The number of carbonyl (C=O) groups is 1. The second kappa shape index (κ2) is 7.97. The van der Waals surface area contributed by atoms with Crippen LogP contribution in [0.4, 0.5) is 17.1 Å². The largest absolute Gasteiger partial charge is 0.505 e. The van der Waals surface area contributed by atoms with Crippen molar-refractivity contribution in [1.82, 2.24) is 15.1 Å². The number of amides is 1. The minimum atomic E-state index is -0.623. The number of phenols is 1. The first-order chi connectivity index (χ1) is 13.8. The van der Waals surface area contributed by atoms with Gasteiger partial charge in [0.05, 0.1) is 23.6 Å². The molecule has 0 aliphatic rings. The number of anilines is 3. The number of rotatable bonds is 6. The van der Waals surface area contributed by atoms with Crippen LogP contribution in [0.5, 0.6) is 5.75 Å². The normalized spacial score (nSPS) is 11.7. The highest BCUT2D eigenvalue weighted by Gasteiger charge is 2.20. The average molecular weight is 399 g/mol. The molecule has 0 aliphatic heterocycles. The molecule has 29 heavy (non-hydrogen) atoms. The Labute approximate surface area is 165 Å². The van der Waals surface area contributed by atoms with Crippen LogP contribution in [0.3, 0.4) is 0 Å². The number of phenolic OH excluding ortho intramolecular Hbond substituents is 1. The van der Waals surface area contributed by atoms with Gasteiger partial charge in [0.15, 0.2) is 5.75 Å². The standard InChI is InChI=1S/C19H21N5O5/c1-10(13-8-5-9-29-13)20-14-15(18(27)23-22-17(14)26)21-12-7-4-6-11(16(12)25)19(28)24(2)3/h4-10,25H,1-3H3,(H2,20,23,27)(H2,21,22,26). The fraction of sp³-hybridized carbons (Fsp3) is 0.211. The lowest BCUT2D eigenvalue weighted by Crippen LogP contribution is -2.27. The molecular weight excluding hydrogens is 378 g/mol. The summed E-state index contributed by atoms with van der Waals surface area (Å²) in [6, 6.07) is 7.53. The van der Waals surface area contributed by atoms with E-state index in [9.17, 15) is 19.5 Å². The Morgan fingerprint density at radius 3 is 2.41 bits per heavy atom. The van der Waals surface area contributed by atoms with Gasteiger partial charge in [-0.05, 0) is 31.2 Å². The van der Waals surface area contributed by atoms with E-state index in [4.69, 9.17) is 4.42 Å². The number of nitrogens with zero attached hydrogens (tertiary/aromatic N) is 1. The minimum absolute atomic E-state index is 0.0404. The van der Waals surface area contributed by atoms with Crippen molar-refractivity contribution in [2.45, 2.75) is 13.0 Å². The number of carbonyl (C=O) groups excluding carboxylic acids is 1. The summed E-state index contributed by atoms with van der Waals surface area (Å²) in [5.41, 5.74) is -1.20. The number of aromatic hydroxyl groups is 1. The first-order valence-electron chi connectivity index (χ1n) is 8.75. The summed E-state index contributed by atoms with van der Waals surface area (Å²) in [6.07, 6.45) is 1.50. The van der Waals surface area contributed by atoms with Crippen LogP contribution in [-0.4, -0.2) is 40.2 Å². The Balaban J connectivity index is 2.01. The van der Waals surface area contributed by atoms with Crippen LogP contribution >= 0.6 is 0 Å². The van der Waals surface area contributed by atoms with Gasteiger partial charge in [0, 0.05) is 14.1 Å². The molecule has 1 unspecified atom stereocenters. The maximum absolute atomic E-state index is 12.4.